The summed E-state index contributed by atoms with van der Waals surface area (Å²) in [6, 6.07) is 60.7. The zero-order chi connectivity index (χ0) is 33.7. The Hall–Kier alpha value is -5.66. The molecular weight excluding hydrogens is 603 g/mol. The lowest BCUT2D eigenvalue weighted by Gasteiger charge is -2.33. The van der Waals surface area contributed by atoms with Gasteiger partial charge in [0.05, 0.1) is 5.69 Å². The van der Waals surface area contributed by atoms with Crippen molar-refractivity contribution in [2.45, 2.75) is 44.9 Å². The maximum atomic E-state index is 2.56. The second kappa shape index (κ2) is 12.3. The molecule has 0 heterocycles. The van der Waals surface area contributed by atoms with E-state index >= 15 is 0 Å². The zero-order valence-corrected chi connectivity index (χ0v) is 28.9. The van der Waals surface area contributed by atoms with Crippen molar-refractivity contribution in [3.8, 4) is 44.5 Å². The molecule has 7 aromatic rings. The maximum Gasteiger partial charge on any atom is 0.0543 e. The van der Waals surface area contributed by atoms with Gasteiger partial charge in [-0.25, -0.2) is 0 Å². The molecule has 0 fully saturated rings. The van der Waals surface area contributed by atoms with Crippen LogP contribution in [0.4, 0.5) is 17.1 Å². The van der Waals surface area contributed by atoms with Crippen LogP contribution in [0.25, 0.3) is 44.5 Å². The lowest BCUT2D eigenvalue weighted by Crippen LogP contribution is -2.18. The van der Waals surface area contributed by atoms with Gasteiger partial charge in [0.1, 0.15) is 0 Å². The summed E-state index contributed by atoms with van der Waals surface area (Å²) in [6.07, 6.45) is 4.74. The Labute approximate surface area is 296 Å². The van der Waals surface area contributed by atoms with E-state index in [0.29, 0.717) is 0 Å². The predicted octanol–water partition coefficient (Wildman–Crippen LogP) is 13.3. The number of aryl methyl sites for hydroxylation is 1. The molecule has 2 aliphatic rings. The van der Waals surface area contributed by atoms with Crippen LogP contribution in [0.15, 0.2) is 164 Å². The Kier molecular flexibility index (Phi) is 7.50. The molecule has 1 heteroatoms. The highest BCUT2D eigenvalue weighted by molar-refractivity contribution is 5.95. The summed E-state index contributed by atoms with van der Waals surface area (Å²) in [4.78, 5) is 2.56. The SMILES string of the molecule is CC1(C)c2ccccc2-c2cc(-c3ccccc3)c(N(c3ccc(-c4ccc(-c5ccccc5)cc4)cc3)c3cccc4c3CCCC4)cc21. The van der Waals surface area contributed by atoms with Crippen molar-refractivity contribution in [3.63, 3.8) is 0 Å². The smallest absolute Gasteiger partial charge is 0.0543 e. The van der Waals surface area contributed by atoms with Gasteiger partial charge in [-0.1, -0.05) is 147 Å². The van der Waals surface area contributed by atoms with Crippen LogP contribution in [0.1, 0.15) is 48.9 Å². The number of hydrogen-bond donors (Lipinski definition) is 0. The first kappa shape index (κ1) is 30.4. The average Bonchev–Trinajstić information content (AvgIpc) is 3.41. The maximum absolute atomic E-state index is 2.56. The van der Waals surface area contributed by atoms with E-state index in [2.05, 4.69) is 183 Å². The minimum absolute atomic E-state index is 0.104. The van der Waals surface area contributed by atoms with Gasteiger partial charge >= 0.3 is 0 Å². The molecular formula is C49H41N. The Morgan fingerprint density at radius 2 is 1.00 bits per heavy atom. The van der Waals surface area contributed by atoms with Gasteiger partial charge in [-0.2, -0.15) is 0 Å². The van der Waals surface area contributed by atoms with E-state index in [-0.39, 0.29) is 5.41 Å². The van der Waals surface area contributed by atoms with Gasteiger partial charge in [0.2, 0.25) is 0 Å². The molecule has 50 heavy (non-hydrogen) atoms. The standard InChI is InChI=1S/C49H41N/c1-49(2)45-22-12-11-21-42(45)44-32-43(39-16-7-4-8-17-39)48(33-46(44)49)50(47-23-13-19-38-18-9-10-20-41(38)47)40-30-28-37(29-31-40)36-26-24-35(25-27-36)34-14-5-3-6-15-34/h3-8,11-17,19,21-33H,9-10,18,20H2,1-2H3. The number of fused-ring (bicyclic) bond motifs is 4. The van der Waals surface area contributed by atoms with E-state index < -0.39 is 0 Å². The second-order valence-corrected chi connectivity index (χ2v) is 14.4. The molecule has 0 saturated carbocycles. The molecule has 0 aromatic heterocycles. The van der Waals surface area contributed by atoms with Gasteiger partial charge in [-0.3, -0.25) is 0 Å². The summed E-state index contributed by atoms with van der Waals surface area (Å²) in [5.41, 5.74) is 19.5. The first-order valence-corrected chi connectivity index (χ1v) is 18.1. The lowest BCUT2D eigenvalue weighted by molar-refractivity contribution is 0.660. The molecule has 0 bridgehead atoms. The van der Waals surface area contributed by atoms with Crippen molar-refractivity contribution >= 4 is 17.1 Å². The van der Waals surface area contributed by atoms with Crippen molar-refractivity contribution in [1.29, 1.82) is 0 Å². The topological polar surface area (TPSA) is 3.24 Å². The van der Waals surface area contributed by atoms with Crippen LogP contribution in [0.5, 0.6) is 0 Å². The number of anilines is 3. The first-order chi connectivity index (χ1) is 24.6. The van der Waals surface area contributed by atoms with Gasteiger partial charge in [0, 0.05) is 22.4 Å². The highest BCUT2D eigenvalue weighted by Gasteiger charge is 2.37. The van der Waals surface area contributed by atoms with Crippen molar-refractivity contribution in [2.75, 3.05) is 4.90 Å². The molecule has 0 saturated heterocycles. The third kappa shape index (κ3) is 5.17. The van der Waals surface area contributed by atoms with Gasteiger partial charge in [-0.05, 0) is 117 Å². The minimum Gasteiger partial charge on any atom is -0.310 e. The largest absolute Gasteiger partial charge is 0.310 e. The molecule has 7 aromatic carbocycles. The van der Waals surface area contributed by atoms with E-state index in [4.69, 9.17) is 0 Å². The van der Waals surface area contributed by atoms with Crippen molar-refractivity contribution in [3.05, 3.63) is 186 Å². The summed E-state index contributed by atoms with van der Waals surface area (Å²) >= 11 is 0. The number of hydrogen-bond acceptors (Lipinski definition) is 1. The van der Waals surface area contributed by atoms with Crippen LogP contribution >= 0.6 is 0 Å². The zero-order valence-electron chi connectivity index (χ0n) is 28.9. The normalized spacial score (nSPS) is 14.0. The third-order valence-electron chi connectivity index (χ3n) is 11.1. The fraction of sp³-hybridized carbons (Fsp3) is 0.143. The Balaban J connectivity index is 1.22. The summed E-state index contributed by atoms with van der Waals surface area (Å²) in [5, 5.41) is 0. The van der Waals surface area contributed by atoms with Crippen LogP contribution in [0, 0.1) is 0 Å². The highest BCUT2D eigenvalue weighted by atomic mass is 15.1. The molecule has 0 unspecified atom stereocenters. The van der Waals surface area contributed by atoms with Crippen molar-refractivity contribution in [2.24, 2.45) is 0 Å². The van der Waals surface area contributed by atoms with Crippen molar-refractivity contribution < 1.29 is 0 Å². The fourth-order valence-corrected chi connectivity index (χ4v) is 8.44. The monoisotopic (exact) mass is 643 g/mol. The molecule has 0 atom stereocenters. The van der Waals surface area contributed by atoms with Gasteiger partial charge in [-0.15, -0.1) is 0 Å². The van der Waals surface area contributed by atoms with Crippen LogP contribution in [0.3, 0.4) is 0 Å². The summed E-state index contributed by atoms with van der Waals surface area (Å²) in [6.45, 7) is 4.77. The summed E-state index contributed by atoms with van der Waals surface area (Å²) in [5.74, 6) is 0. The molecule has 0 radical (unpaired) electrons. The number of nitrogens with zero attached hydrogens (tertiary/aromatic N) is 1. The van der Waals surface area contributed by atoms with E-state index in [1.54, 1.807) is 0 Å². The number of benzene rings is 7. The molecule has 242 valence electrons. The van der Waals surface area contributed by atoms with Crippen LogP contribution in [-0.2, 0) is 18.3 Å². The van der Waals surface area contributed by atoms with E-state index in [0.717, 1.165) is 12.8 Å². The van der Waals surface area contributed by atoms with Gasteiger partial charge in [0.25, 0.3) is 0 Å². The fourth-order valence-electron chi connectivity index (χ4n) is 8.44. The molecule has 0 aliphatic heterocycles. The van der Waals surface area contributed by atoms with Gasteiger partial charge in [0.15, 0.2) is 0 Å². The predicted molar refractivity (Wildman–Crippen MR) is 212 cm³/mol. The Bertz CT molecular complexity index is 2310. The van der Waals surface area contributed by atoms with Crippen LogP contribution in [-0.4, -0.2) is 0 Å². The van der Waals surface area contributed by atoms with Crippen LogP contribution in [0.2, 0.25) is 0 Å². The third-order valence-corrected chi connectivity index (χ3v) is 11.1. The number of rotatable bonds is 6. The minimum atomic E-state index is -0.104. The summed E-state index contributed by atoms with van der Waals surface area (Å²) < 4.78 is 0. The van der Waals surface area contributed by atoms with E-state index in [1.165, 1.54) is 96.7 Å². The van der Waals surface area contributed by atoms with Gasteiger partial charge < -0.3 is 4.90 Å². The lowest BCUT2D eigenvalue weighted by atomic mass is 9.81. The Morgan fingerprint density at radius 3 is 1.70 bits per heavy atom. The van der Waals surface area contributed by atoms with E-state index in [1.807, 2.05) is 0 Å². The highest BCUT2D eigenvalue weighted by Crippen LogP contribution is 2.54. The van der Waals surface area contributed by atoms with Crippen molar-refractivity contribution in [1.82, 2.24) is 0 Å². The molecule has 0 spiro atoms. The van der Waals surface area contributed by atoms with E-state index in [9.17, 15) is 0 Å². The quantitative estimate of drug-likeness (QED) is 0.174. The molecule has 1 nitrogen and oxygen atoms in total. The summed E-state index contributed by atoms with van der Waals surface area (Å²) in [7, 11) is 0. The molecule has 9 rings (SSSR count). The molecule has 2 aliphatic carbocycles. The average molecular weight is 644 g/mol. The van der Waals surface area contributed by atoms with Crippen LogP contribution < -0.4 is 4.90 Å². The Morgan fingerprint density at radius 1 is 0.420 bits per heavy atom. The first-order valence-electron chi connectivity index (χ1n) is 18.1. The second-order valence-electron chi connectivity index (χ2n) is 14.4. The molecule has 0 N–H and O–H groups in total. The molecule has 0 amide bonds.